The minimum Gasteiger partial charge on any atom is -0.308 e. The van der Waals surface area contributed by atoms with E-state index in [2.05, 4.69) is 22.2 Å². The Morgan fingerprint density at radius 2 is 2.14 bits per heavy atom. The molecule has 2 rings (SSSR count). The first-order chi connectivity index (χ1) is 10.1. The number of rotatable bonds is 6. The lowest BCUT2D eigenvalue weighted by Gasteiger charge is -2.19. The third kappa shape index (κ3) is 4.48. The van der Waals surface area contributed by atoms with Gasteiger partial charge in [0.05, 0.1) is 11.7 Å². The number of benzene rings is 1. The molecule has 3 nitrogen and oxygen atoms in total. The van der Waals surface area contributed by atoms with Gasteiger partial charge in [0.2, 0.25) is 0 Å². The molecule has 0 amide bonds. The molecule has 112 valence electrons. The average Bonchev–Trinajstić information content (AvgIpc) is 2.47. The Morgan fingerprint density at radius 1 is 1.33 bits per heavy atom. The minimum absolute atomic E-state index is 0.00838. The number of halogens is 2. The van der Waals surface area contributed by atoms with Gasteiger partial charge in [-0.2, -0.15) is 0 Å². The number of aryl methyl sites for hydroxylation is 1. The van der Waals surface area contributed by atoms with Gasteiger partial charge in [-0.25, -0.2) is 14.4 Å². The Hall–Kier alpha value is -1.52. The summed E-state index contributed by atoms with van der Waals surface area (Å²) in [6.07, 6.45) is 3.34. The van der Waals surface area contributed by atoms with Crippen molar-refractivity contribution >= 4 is 11.6 Å². The maximum atomic E-state index is 13.4. The van der Waals surface area contributed by atoms with E-state index < -0.39 is 0 Å². The van der Waals surface area contributed by atoms with Gasteiger partial charge in [0.15, 0.2) is 0 Å². The lowest BCUT2D eigenvalue weighted by atomic mass is 10.0. The van der Waals surface area contributed by atoms with Crippen molar-refractivity contribution in [2.75, 3.05) is 6.54 Å². The lowest BCUT2D eigenvalue weighted by molar-refractivity contribution is 0.514. The molecule has 1 heterocycles. The lowest BCUT2D eigenvalue weighted by Crippen LogP contribution is -2.25. The van der Waals surface area contributed by atoms with E-state index in [-0.39, 0.29) is 11.9 Å². The highest BCUT2D eigenvalue weighted by Crippen LogP contribution is 2.23. The molecule has 0 saturated carbocycles. The van der Waals surface area contributed by atoms with Crippen LogP contribution in [0.4, 0.5) is 4.39 Å². The van der Waals surface area contributed by atoms with Crippen molar-refractivity contribution in [2.24, 2.45) is 0 Å². The number of nitrogens with zero attached hydrogens (tertiary/aromatic N) is 2. The Bertz CT molecular complexity index is 604. The van der Waals surface area contributed by atoms with E-state index in [9.17, 15) is 4.39 Å². The Morgan fingerprint density at radius 3 is 2.86 bits per heavy atom. The van der Waals surface area contributed by atoms with E-state index in [0.29, 0.717) is 11.4 Å². The van der Waals surface area contributed by atoms with Crippen LogP contribution in [0.15, 0.2) is 30.5 Å². The van der Waals surface area contributed by atoms with E-state index in [1.54, 1.807) is 12.3 Å². The van der Waals surface area contributed by atoms with Crippen molar-refractivity contribution in [3.8, 4) is 0 Å². The minimum atomic E-state index is -0.275. The second-order valence-corrected chi connectivity index (χ2v) is 5.38. The highest BCUT2D eigenvalue weighted by atomic mass is 35.5. The molecule has 0 aliphatic rings. The molecule has 0 aliphatic heterocycles. The van der Waals surface area contributed by atoms with Crippen molar-refractivity contribution in [2.45, 2.75) is 32.7 Å². The van der Waals surface area contributed by atoms with Crippen LogP contribution >= 0.6 is 11.6 Å². The third-order valence-electron chi connectivity index (χ3n) is 3.23. The zero-order chi connectivity index (χ0) is 15.2. The summed E-state index contributed by atoms with van der Waals surface area (Å²) < 4.78 is 13.4. The van der Waals surface area contributed by atoms with Crippen LogP contribution in [0.1, 0.15) is 36.5 Å². The zero-order valence-corrected chi connectivity index (χ0v) is 13.0. The summed E-state index contributed by atoms with van der Waals surface area (Å²) in [4.78, 5) is 8.58. The Kier molecular flexibility index (Phi) is 5.65. The van der Waals surface area contributed by atoms with Crippen LogP contribution in [0.3, 0.4) is 0 Å². The fourth-order valence-electron chi connectivity index (χ4n) is 2.19. The molecule has 1 aromatic heterocycles. The van der Waals surface area contributed by atoms with Crippen LogP contribution < -0.4 is 5.32 Å². The molecule has 0 fully saturated rings. The summed E-state index contributed by atoms with van der Waals surface area (Å²) in [6.45, 7) is 4.82. The van der Waals surface area contributed by atoms with Crippen molar-refractivity contribution in [3.05, 3.63) is 58.4 Å². The maximum absolute atomic E-state index is 13.4. The van der Waals surface area contributed by atoms with Crippen LogP contribution in [0.5, 0.6) is 0 Å². The van der Waals surface area contributed by atoms with Gasteiger partial charge in [-0.05, 0) is 56.1 Å². The summed E-state index contributed by atoms with van der Waals surface area (Å²) in [7, 11) is 0. The van der Waals surface area contributed by atoms with Crippen molar-refractivity contribution in [1.29, 1.82) is 0 Å². The molecule has 0 bridgehead atoms. The highest BCUT2D eigenvalue weighted by molar-refractivity contribution is 6.31. The van der Waals surface area contributed by atoms with E-state index in [4.69, 9.17) is 11.6 Å². The molecule has 0 saturated heterocycles. The van der Waals surface area contributed by atoms with Gasteiger partial charge in [0, 0.05) is 11.2 Å². The van der Waals surface area contributed by atoms with Gasteiger partial charge in [-0.3, -0.25) is 0 Å². The predicted octanol–water partition coefficient (Wildman–Crippen LogP) is 3.86. The van der Waals surface area contributed by atoms with Crippen LogP contribution in [0.2, 0.25) is 5.02 Å². The molecule has 0 aliphatic carbocycles. The summed E-state index contributed by atoms with van der Waals surface area (Å²) in [6, 6.07) is 6.32. The second-order valence-electron chi connectivity index (χ2n) is 4.98. The van der Waals surface area contributed by atoms with Gasteiger partial charge in [0.1, 0.15) is 11.6 Å². The van der Waals surface area contributed by atoms with E-state index in [1.807, 2.05) is 13.0 Å². The molecule has 1 N–H and O–H groups in total. The van der Waals surface area contributed by atoms with Crippen LogP contribution in [-0.2, 0) is 6.42 Å². The molecule has 5 heteroatoms. The average molecular weight is 308 g/mol. The molecule has 1 unspecified atom stereocenters. The van der Waals surface area contributed by atoms with E-state index >= 15 is 0 Å². The highest BCUT2D eigenvalue weighted by Gasteiger charge is 2.15. The fourth-order valence-corrected chi connectivity index (χ4v) is 2.38. The molecule has 2 aromatic rings. The largest absolute Gasteiger partial charge is 0.308 e. The predicted molar refractivity (Wildman–Crippen MR) is 82.9 cm³/mol. The molecule has 1 aromatic carbocycles. The zero-order valence-electron chi connectivity index (χ0n) is 12.2. The Labute approximate surface area is 129 Å². The van der Waals surface area contributed by atoms with E-state index in [1.165, 1.54) is 12.1 Å². The summed E-state index contributed by atoms with van der Waals surface area (Å²) in [5, 5.41) is 4.01. The fraction of sp³-hybridized carbons (Fsp3) is 0.375. The number of hydrogen-bond donors (Lipinski definition) is 1. The van der Waals surface area contributed by atoms with Gasteiger partial charge >= 0.3 is 0 Å². The SMILES string of the molecule is CCCNC(Cc1cc(F)ccc1Cl)c1ccnc(C)n1. The molecule has 1 atom stereocenters. The first kappa shape index (κ1) is 15.9. The topological polar surface area (TPSA) is 37.8 Å². The number of nitrogens with one attached hydrogen (secondary N) is 1. The van der Waals surface area contributed by atoms with Gasteiger partial charge in [-0.1, -0.05) is 18.5 Å². The quantitative estimate of drug-likeness (QED) is 0.880. The van der Waals surface area contributed by atoms with E-state index in [0.717, 1.165) is 30.0 Å². The van der Waals surface area contributed by atoms with Crippen molar-refractivity contribution in [3.63, 3.8) is 0 Å². The summed E-state index contributed by atoms with van der Waals surface area (Å²) >= 11 is 6.17. The standard InChI is InChI=1S/C16H19ClFN3/c1-3-7-20-16(15-6-8-19-11(2)21-15)10-12-9-13(18)4-5-14(12)17/h4-6,8-9,16,20H,3,7,10H2,1-2H3. The molecular weight excluding hydrogens is 289 g/mol. The Balaban J connectivity index is 2.25. The van der Waals surface area contributed by atoms with Crippen LogP contribution in [-0.4, -0.2) is 16.5 Å². The number of aromatic nitrogens is 2. The van der Waals surface area contributed by atoms with Crippen LogP contribution in [0, 0.1) is 12.7 Å². The smallest absolute Gasteiger partial charge is 0.125 e. The monoisotopic (exact) mass is 307 g/mol. The van der Waals surface area contributed by atoms with Gasteiger partial charge in [-0.15, -0.1) is 0 Å². The molecule has 21 heavy (non-hydrogen) atoms. The molecule has 0 spiro atoms. The van der Waals surface area contributed by atoms with Crippen LogP contribution in [0.25, 0.3) is 0 Å². The van der Waals surface area contributed by atoms with Crippen molar-refractivity contribution < 1.29 is 4.39 Å². The van der Waals surface area contributed by atoms with Crippen molar-refractivity contribution in [1.82, 2.24) is 15.3 Å². The normalized spacial score (nSPS) is 12.4. The second kappa shape index (κ2) is 7.48. The maximum Gasteiger partial charge on any atom is 0.125 e. The molecular formula is C16H19ClFN3. The molecule has 0 radical (unpaired) electrons. The summed E-state index contributed by atoms with van der Waals surface area (Å²) in [5.74, 6) is 0.448. The third-order valence-corrected chi connectivity index (χ3v) is 3.60. The first-order valence-corrected chi connectivity index (χ1v) is 7.44. The van der Waals surface area contributed by atoms with Gasteiger partial charge < -0.3 is 5.32 Å². The van der Waals surface area contributed by atoms with Gasteiger partial charge in [0.25, 0.3) is 0 Å². The summed E-state index contributed by atoms with van der Waals surface area (Å²) in [5.41, 5.74) is 1.68. The number of hydrogen-bond acceptors (Lipinski definition) is 3. The first-order valence-electron chi connectivity index (χ1n) is 7.07.